The Kier molecular flexibility index (Phi) is 7.96. The largest absolute Gasteiger partial charge is 0.497 e. The Morgan fingerprint density at radius 3 is 2.42 bits per heavy atom. The molecule has 0 aliphatic carbocycles. The number of nitrogen functional groups attached to an aromatic ring is 1. The number of nitrogens with zero attached hydrogens (tertiary/aromatic N) is 2. The lowest BCUT2D eigenvalue weighted by atomic mass is 10.1. The van der Waals surface area contributed by atoms with Gasteiger partial charge in [-0.2, -0.15) is 0 Å². The van der Waals surface area contributed by atoms with Crippen molar-refractivity contribution in [3.8, 4) is 11.5 Å². The van der Waals surface area contributed by atoms with Gasteiger partial charge in [-0.15, -0.1) is 11.3 Å². The molecule has 0 unspecified atom stereocenters. The van der Waals surface area contributed by atoms with Crippen molar-refractivity contribution in [1.29, 1.82) is 0 Å². The number of aromatic carboxylic acids is 1. The van der Waals surface area contributed by atoms with Crippen LogP contribution in [0.2, 0.25) is 0 Å². The van der Waals surface area contributed by atoms with Crippen molar-refractivity contribution in [3.63, 3.8) is 0 Å². The lowest BCUT2D eigenvalue weighted by Crippen LogP contribution is -2.32. The van der Waals surface area contributed by atoms with Gasteiger partial charge in [-0.25, -0.2) is 9.78 Å². The van der Waals surface area contributed by atoms with E-state index in [1.165, 1.54) is 42.7 Å². The van der Waals surface area contributed by atoms with Gasteiger partial charge in [0, 0.05) is 32.5 Å². The molecule has 2 aromatic carbocycles. The SMILES string of the molecule is C=C(CN(Cc1nc(C(=O)O)cs1)C(=O)c1cc(OC)cc(OC)c1)Sc1ccccc1N. The number of carbonyl (C=O) groups excluding carboxylic acids is 1. The molecule has 0 atom stereocenters. The molecule has 3 rings (SSSR count). The first-order valence-electron chi connectivity index (χ1n) is 9.71. The van der Waals surface area contributed by atoms with Crippen LogP contribution in [0.4, 0.5) is 5.69 Å². The van der Waals surface area contributed by atoms with Gasteiger partial charge in [0.05, 0.1) is 27.3 Å². The standard InChI is InChI=1S/C23H23N3O5S2/c1-14(33-20-7-5-4-6-18(20)24)11-26(12-21-25-19(13-32-21)23(28)29)22(27)15-8-16(30-2)10-17(9-15)31-3/h4-10,13H,1,11-12,24H2,2-3H3,(H,28,29). The van der Waals surface area contributed by atoms with Crippen molar-refractivity contribution in [3.05, 3.63) is 75.6 Å². The number of methoxy groups -OCH3 is 2. The van der Waals surface area contributed by atoms with Crippen molar-refractivity contribution >= 4 is 40.7 Å². The number of thioether (sulfide) groups is 1. The van der Waals surface area contributed by atoms with E-state index in [1.807, 2.05) is 18.2 Å². The van der Waals surface area contributed by atoms with Crippen LogP contribution in [0, 0.1) is 0 Å². The number of ether oxygens (including phenoxy) is 2. The third-order valence-corrected chi connectivity index (χ3v) is 6.37. The third kappa shape index (κ3) is 6.27. The molecule has 172 valence electrons. The highest BCUT2D eigenvalue weighted by molar-refractivity contribution is 8.03. The van der Waals surface area contributed by atoms with Gasteiger partial charge in [-0.1, -0.05) is 30.5 Å². The number of nitrogens with two attached hydrogens (primary N) is 1. The van der Waals surface area contributed by atoms with Crippen LogP contribution in [0.5, 0.6) is 11.5 Å². The summed E-state index contributed by atoms with van der Waals surface area (Å²) in [7, 11) is 3.01. The molecule has 1 amide bonds. The Morgan fingerprint density at radius 1 is 1.18 bits per heavy atom. The van der Waals surface area contributed by atoms with Crippen molar-refractivity contribution in [1.82, 2.24) is 9.88 Å². The normalized spacial score (nSPS) is 10.5. The van der Waals surface area contributed by atoms with Gasteiger partial charge < -0.3 is 25.2 Å². The number of hydrogen-bond donors (Lipinski definition) is 2. The fraction of sp³-hybridized carbons (Fsp3) is 0.174. The van der Waals surface area contributed by atoms with Gasteiger partial charge in [0.1, 0.15) is 16.5 Å². The van der Waals surface area contributed by atoms with Gasteiger partial charge in [0.15, 0.2) is 5.69 Å². The summed E-state index contributed by atoms with van der Waals surface area (Å²) in [4.78, 5) is 31.9. The summed E-state index contributed by atoms with van der Waals surface area (Å²) in [5.74, 6) is -0.467. The van der Waals surface area contributed by atoms with Crippen LogP contribution in [0.25, 0.3) is 0 Å². The summed E-state index contributed by atoms with van der Waals surface area (Å²) < 4.78 is 10.6. The van der Waals surface area contributed by atoms with Crippen molar-refractivity contribution in [2.24, 2.45) is 0 Å². The van der Waals surface area contributed by atoms with E-state index in [0.717, 1.165) is 4.90 Å². The molecular weight excluding hydrogens is 462 g/mol. The highest BCUT2D eigenvalue weighted by atomic mass is 32.2. The number of carboxylic acids is 1. The molecule has 33 heavy (non-hydrogen) atoms. The fourth-order valence-electron chi connectivity index (χ4n) is 2.93. The second-order valence-electron chi connectivity index (χ2n) is 6.87. The topological polar surface area (TPSA) is 115 Å². The van der Waals surface area contributed by atoms with Crippen LogP contribution in [0.3, 0.4) is 0 Å². The molecule has 0 aliphatic heterocycles. The molecule has 1 aromatic heterocycles. The minimum atomic E-state index is -1.12. The first-order valence-corrected chi connectivity index (χ1v) is 11.4. The van der Waals surface area contributed by atoms with Gasteiger partial charge >= 0.3 is 5.97 Å². The zero-order valence-electron chi connectivity index (χ0n) is 18.1. The first-order chi connectivity index (χ1) is 15.8. The lowest BCUT2D eigenvalue weighted by Gasteiger charge is -2.23. The van der Waals surface area contributed by atoms with Crippen molar-refractivity contribution < 1.29 is 24.2 Å². The van der Waals surface area contributed by atoms with Crippen LogP contribution < -0.4 is 15.2 Å². The molecule has 3 N–H and O–H groups in total. The van der Waals surface area contributed by atoms with Gasteiger partial charge in [0.25, 0.3) is 5.91 Å². The van der Waals surface area contributed by atoms with Crippen LogP contribution in [0.15, 0.2) is 64.2 Å². The average molecular weight is 486 g/mol. The molecule has 8 nitrogen and oxygen atoms in total. The molecule has 0 fully saturated rings. The number of anilines is 1. The molecule has 3 aromatic rings. The first kappa shape index (κ1) is 24.1. The van der Waals surface area contributed by atoms with Crippen LogP contribution in [-0.4, -0.2) is 47.6 Å². The maximum absolute atomic E-state index is 13.5. The Labute approximate surface area is 199 Å². The second kappa shape index (κ2) is 10.9. The number of rotatable bonds is 10. The zero-order chi connectivity index (χ0) is 24.0. The van der Waals surface area contributed by atoms with E-state index in [0.29, 0.717) is 32.7 Å². The third-order valence-electron chi connectivity index (χ3n) is 4.52. The highest BCUT2D eigenvalue weighted by Gasteiger charge is 2.21. The summed E-state index contributed by atoms with van der Waals surface area (Å²) in [5.41, 5.74) is 6.95. The van der Waals surface area contributed by atoms with E-state index in [2.05, 4.69) is 11.6 Å². The molecule has 0 aliphatic rings. The summed E-state index contributed by atoms with van der Waals surface area (Å²) in [6.45, 7) is 4.41. The Balaban J connectivity index is 1.88. The molecule has 0 saturated heterocycles. The van der Waals surface area contributed by atoms with E-state index in [1.54, 1.807) is 29.2 Å². The van der Waals surface area contributed by atoms with E-state index in [9.17, 15) is 14.7 Å². The maximum Gasteiger partial charge on any atom is 0.355 e. The molecule has 1 heterocycles. The van der Waals surface area contributed by atoms with Gasteiger partial charge in [-0.3, -0.25) is 4.79 Å². The number of para-hydroxylation sites is 1. The molecule has 0 radical (unpaired) electrons. The number of carbonyl (C=O) groups is 2. The van der Waals surface area contributed by atoms with Crippen molar-refractivity contribution in [2.75, 3.05) is 26.5 Å². The number of thiazole rings is 1. The molecule has 0 bridgehead atoms. The summed E-state index contributed by atoms with van der Waals surface area (Å²) in [5, 5.41) is 11.1. The van der Waals surface area contributed by atoms with Crippen LogP contribution >= 0.6 is 23.1 Å². The number of benzene rings is 2. The number of carboxylic acid groups (broad SMARTS) is 1. The van der Waals surface area contributed by atoms with Crippen LogP contribution in [0.1, 0.15) is 25.9 Å². The predicted molar refractivity (Wildman–Crippen MR) is 129 cm³/mol. The minimum Gasteiger partial charge on any atom is -0.497 e. The van der Waals surface area contributed by atoms with E-state index >= 15 is 0 Å². The Morgan fingerprint density at radius 2 is 1.85 bits per heavy atom. The molecular formula is C23H23N3O5S2. The maximum atomic E-state index is 13.5. The average Bonchev–Trinajstić information content (AvgIpc) is 3.28. The summed E-state index contributed by atoms with van der Waals surface area (Å²) >= 11 is 2.55. The fourth-order valence-corrected chi connectivity index (χ4v) is 4.58. The molecule has 10 heteroatoms. The number of amides is 1. The Bertz CT molecular complexity index is 1160. The van der Waals surface area contributed by atoms with Gasteiger partial charge in [0.2, 0.25) is 0 Å². The predicted octanol–water partition coefficient (Wildman–Crippen LogP) is 4.39. The van der Waals surface area contributed by atoms with E-state index in [4.69, 9.17) is 15.2 Å². The Hall–Kier alpha value is -3.50. The monoisotopic (exact) mass is 485 g/mol. The van der Waals surface area contributed by atoms with E-state index < -0.39 is 5.97 Å². The zero-order valence-corrected chi connectivity index (χ0v) is 19.7. The summed E-state index contributed by atoms with van der Waals surface area (Å²) in [6, 6.07) is 12.3. The van der Waals surface area contributed by atoms with Crippen LogP contribution in [-0.2, 0) is 6.54 Å². The minimum absolute atomic E-state index is 0.0595. The quantitative estimate of drug-likeness (QED) is 0.321. The summed E-state index contributed by atoms with van der Waals surface area (Å²) in [6.07, 6.45) is 0. The highest BCUT2D eigenvalue weighted by Crippen LogP contribution is 2.31. The number of aromatic nitrogens is 1. The molecule has 0 saturated carbocycles. The van der Waals surface area contributed by atoms with E-state index in [-0.39, 0.29) is 24.7 Å². The molecule has 0 spiro atoms. The number of hydrogen-bond acceptors (Lipinski definition) is 8. The van der Waals surface area contributed by atoms with Gasteiger partial charge in [-0.05, 0) is 24.3 Å². The lowest BCUT2D eigenvalue weighted by molar-refractivity contribution is 0.0691. The van der Waals surface area contributed by atoms with Crippen molar-refractivity contribution in [2.45, 2.75) is 11.4 Å². The second-order valence-corrected chi connectivity index (χ2v) is 9.04. The smallest absolute Gasteiger partial charge is 0.355 e.